The Morgan fingerprint density at radius 3 is 2.31 bits per heavy atom. The molecule has 1 saturated heterocycles. The molecule has 1 rings (SSSR count). The van der Waals surface area contributed by atoms with Crippen molar-refractivity contribution in [2.45, 2.75) is 26.2 Å². The predicted molar refractivity (Wildman–Crippen MR) is 47.2 cm³/mol. The van der Waals surface area contributed by atoms with Crippen molar-refractivity contribution in [3.63, 3.8) is 0 Å². The molecule has 4 nitrogen and oxygen atoms in total. The molecule has 1 aliphatic rings. The van der Waals surface area contributed by atoms with Gasteiger partial charge >= 0.3 is 5.97 Å². The van der Waals surface area contributed by atoms with E-state index in [9.17, 15) is 9.59 Å². The Kier molecular flexibility index (Phi) is 3.28. The highest BCUT2D eigenvalue weighted by molar-refractivity contribution is 5.76. The van der Waals surface area contributed by atoms with E-state index in [0.29, 0.717) is 32.4 Å². The van der Waals surface area contributed by atoms with E-state index in [2.05, 4.69) is 0 Å². The maximum absolute atomic E-state index is 11.2. The minimum absolute atomic E-state index is 0.129. The van der Waals surface area contributed by atoms with Crippen LogP contribution in [0.1, 0.15) is 26.2 Å². The van der Waals surface area contributed by atoms with Crippen LogP contribution in [0.4, 0.5) is 0 Å². The zero-order chi connectivity index (χ0) is 9.84. The lowest BCUT2D eigenvalue weighted by Crippen LogP contribution is -2.39. The first-order chi connectivity index (χ1) is 6.15. The minimum atomic E-state index is -0.733. The maximum atomic E-state index is 11.2. The van der Waals surface area contributed by atoms with E-state index in [-0.39, 0.29) is 11.8 Å². The van der Waals surface area contributed by atoms with Crippen LogP contribution in [0.15, 0.2) is 0 Å². The fourth-order valence-corrected chi connectivity index (χ4v) is 1.60. The molecule has 74 valence electrons. The van der Waals surface area contributed by atoms with E-state index in [4.69, 9.17) is 5.11 Å². The molecule has 0 aromatic carbocycles. The average Bonchev–Trinajstić information content (AvgIpc) is 2.17. The van der Waals surface area contributed by atoms with Gasteiger partial charge in [-0.3, -0.25) is 9.59 Å². The number of rotatable bonds is 2. The third-order valence-corrected chi connectivity index (χ3v) is 2.50. The third kappa shape index (κ3) is 2.44. The Balaban J connectivity index is 2.39. The van der Waals surface area contributed by atoms with Crippen molar-refractivity contribution in [1.29, 1.82) is 0 Å². The van der Waals surface area contributed by atoms with Gasteiger partial charge in [0.1, 0.15) is 0 Å². The van der Waals surface area contributed by atoms with Gasteiger partial charge in [-0.1, -0.05) is 6.92 Å². The van der Waals surface area contributed by atoms with E-state index >= 15 is 0 Å². The van der Waals surface area contributed by atoms with Crippen LogP contribution < -0.4 is 0 Å². The lowest BCUT2D eigenvalue weighted by molar-refractivity contribution is -0.145. The summed E-state index contributed by atoms with van der Waals surface area (Å²) in [4.78, 5) is 23.6. The highest BCUT2D eigenvalue weighted by Crippen LogP contribution is 2.17. The van der Waals surface area contributed by atoms with Crippen LogP contribution in [0.25, 0.3) is 0 Å². The van der Waals surface area contributed by atoms with Gasteiger partial charge in [-0.25, -0.2) is 0 Å². The summed E-state index contributed by atoms with van der Waals surface area (Å²) in [6.07, 6.45) is 1.71. The fraction of sp³-hybridized carbons (Fsp3) is 0.778. The molecule has 4 heteroatoms. The summed E-state index contributed by atoms with van der Waals surface area (Å²) in [5.74, 6) is -0.853. The number of carbonyl (C=O) groups excluding carboxylic acids is 1. The van der Waals surface area contributed by atoms with Crippen molar-refractivity contribution in [3.8, 4) is 0 Å². The van der Waals surface area contributed by atoms with Crippen molar-refractivity contribution in [2.75, 3.05) is 13.1 Å². The monoisotopic (exact) mass is 185 g/mol. The number of piperidine rings is 1. The number of likely N-dealkylation sites (tertiary alicyclic amines) is 1. The van der Waals surface area contributed by atoms with Gasteiger partial charge in [0.2, 0.25) is 5.91 Å². The van der Waals surface area contributed by atoms with E-state index < -0.39 is 5.97 Å². The molecule has 0 aromatic rings. The van der Waals surface area contributed by atoms with Crippen molar-refractivity contribution >= 4 is 11.9 Å². The Morgan fingerprint density at radius 1 is 1.38 bits per heavy atom. The van der Waals surface area contributed by atoms with Crippen LogP contribution in [0.5, 0.6) is 0 Å². The first-order valence-corrected chi connectivity index (χ1v) is 4.65. The molecular weight excluding hydrogens is 170 g/mol. The molecule has 0 aliphatic carbocycles. The van der Waals surface area contributed by atoms with Gasteiger partial charge in [0, 0.05) is 19.5 Å². The molecule has 1 N–H and O–H groups in total. The van der Waals surface area contributed by atoms with Gasteiger partial charge in [-0.15, -0.1) is 0 Å². The lowest BCUT2D eigenvalue weighted by Gasteiger charge is -2.29. The molecule has 0 radical (unpaired) electrons. The summed E-state index contributed by atoms with van der Waals surface area (Å²) in [6.45, 7) is 3.03. The number of carbonyl (C=O) groups is 2. The summed E-state index contributed by atoms with van der Waals surface area (Å²) in [5, 5.41) is 8.72. The van der Waals surface area contributed by atoms with Crippen molar-refractivity contribution in [3.05, 3.63) is 0 Å². The van der Waals surface area contributed by atoms with Crippen molar-refractivity contribution < 1.29 is 14.7 Å². The van der Waals surface area contributed by atoms with Gasteiger partial charge in [0.25, 0.3) is 0 Å². The van der Waals surface area contributed by atoms with Crippen LogP contribution >= 0.6 is 0 Å². The van der Waals surface area contributed by atoms with Crippen LogP contribution in [0.3, 0.4) is 0 Å². The summed E-state index contributed by atoms with van der Waals surface area (Å²) >= 11 is 0. The molecule has 13 heavy (non-hydrogen) atoms. The molecule has 0 bridgehead atoms. The first-order valence-electron chi connectivity index (χ1n) is 4.65. The topological polar surface area (TPSA) is 57.6 Å². The Morgan fingerprint density at radius 2 is 1.92 bits per heavy atom. The van der Waals surface area contributed by atoms with Gasteiger partial charge in [0.15, 0.2) is 0 Å². The summed E-state index contributed by atoms with van der Waals surface area (Å²) < 4.78 is 0. The molecule has 1 heterocycles. The normalized spacial score (nSPS) is 18.7. The second kappa shape index (κ2) is 4.25. The number of hydrogen-bond acceptors (Lipinski definition) is 2. The van der Waals surface area contributed by atoms with E-state index in [1.54, 1.807) is 4.90 Å². The van der Waals surface area contributed by atoms with Crippen LogP contribution in [0.2, 0.25) is 0 Å². The summed E-state index contributed by atoms with van der Waals surface area (Å²) in [7, 11) is 0. The number of aliphatic carboxylic acids is 1. The second-order valence-corrected chi connectivity index (χ2v) is 3.35. The summed E-state index contributed by atoms with van der Waals surface area (Å²) in [6, 6.07) is 0. The van der Waals surface area contributed by atoms with Gasteiger partial charge in [0.05, 0.1) is 5.92 Å². The molecule has 0 saturated carbocycles. The third-order valence-electron chi connectivity index (χ3n) is 2.50. The Hall–Kier alpha value is -1.06. The fourth-order valence-electron chi connectivity index (χ4n) is 1.60. The Bertz CT molecular complexity index is 207. The smallest absolute Gasteiger partial charge is 0.306 e. The summed E-state index contributed by atoms with van der Waals surface area (Å²) in [5.41, 5.74) is 0. The molecule has 0 spiro atoms. The van der Waals surface area contributed by atoms with Crippen molar-refractivity contribution in [1.82, 2.24) is 4.90 Å². The minimum Gasteiger partial charge on any atom is -0.481 e. The van der Waals surface area contributed by atoms with E-state index in [1.165, 1.54) is 0 Å². The molecule has 0 aromatic heterocycles. The number of carboxylic acid groups (broad SMARTS) is 1. The first kappa shape index (κ1) is 10.0. The van der Waals surface area contributed by atoms with Crippen LogP contribution in [0, 0.1) is 5.92 Å². The van der Waals surface area contributed by atoms with Crippen LogP contribution in [-0.4, -0.2) is 35.0 Å². The predicted octanol–water partition coefficient (Wildman–Crippen LogP) is 0.720. The number of nitrogens with zero attached hydrogens (tertiary/aromatic N) is 1. The number of hydrogen-bond donors (Lipinski definition) is 1. The standard InChI is InChI=1S/C9H15NO3/c1-2-8(11)10-5-3-7(4-6-10)9(12)13/h7H,2-6H2,1H3,(H,12,13). The second-order valence-electron chi connectivity index (χ2n) is 3.35. The molecule has 1 aliphatic heterocycles. The number of amides is 1. The molecule has 0 atom stereocenters. The largest absolute Gasteiger partial charge is 0.481 e. The van der Waals surface area contributed by atoms with Crippen molar-refractivity contribution in [2.24, 2.45) is 5.92 Å². The van der Waals surface area contributed by atoms with Gasteiger partial charge in [-0.05, 0) is 12.8 Å². The number of carboxylic acids is 1. The highest BCUT2D eigenvalue weighted by Gasteiger charge is 2.25. The SMILES string of the molecule is CCC(=O)N1CCC(C(=O)O)CC1. The van der Waals surface area contributed by atoms with Gasteiger partial charge < -0.3 is 10.0 Å². The van der Waals surface area contributed by atoms with Crippen LogP contribution in [-0.2, 0) is 9.59 Å². The zero-order valence-corrected chi connectivity index (χ0v) is 7.82. The molecular formula is C9H15NO3. The van der Waals surface area contributed by atoms with Gasteiger partial charge in [-0.2, -0.15) is 0 Å². The van der Waals surface area contributed by atoms with E-state index in [1.807, 2.05) is 6.92 Å². The lowest BCUT2D eigenvalue weighted by atomic mass is 9.97. The highest BCUT2D eigenvalue weighted by atomic mass is 16.4. The Labute approximate surface area is 77.5 Å². The molecule has 1 fully saturated rings. The quantitative estimate of drug-likeness (QED) is 0.689. The average molecular weight is 185 g/mol. The molecule has 0 unspecified atom stereocenters. The molecule has 1 amide bonds. The zero-order valence-electron chi connectivity index (χ0n) is 7.82. The maximum Gasteiger partial charge on any atom is 0.306 e. The van der Waals surface area contributed by atoms with E-state index in [0.717, 1.165) is 0 Å².